The Hall–Kier alpha value is -1.31. The lowest BCUT2D eigenvalue weighted by atomic mass is 10.1. The molecule has 0 saturated heterocycles. The SMILES string of the molecule is COCCN(c1nnc(C)c(C)c1C(N)=S)C(C)COC. The first-order chi connectivity index (χ1) is 9.93. The predicted octanol–water partition coefficient (Wildman–Crippen LogP) is 1.22. The van der Waals surface area contributed by atoms with Gasteiger partial charge in [0.25, 0.3) is 0 Å². The lowest BCUT2D eigenvalue weighted by Crippen LogP contribution is -2.41. The van der Waals surface area contributed by atoms with Crippen molar-refractivity contribution < 1.29 is 9.47 Å². The van der Waals surface area contributed by atoms with Crippen molar-refractivity contribution in [3.8, 4) is 0 Å². The molecule has 0 spiro atoms. The highest BCUT2D eigenvalue weighted by molar-refractivity contribution is 7.80. The molecule has 1 atom stereocenters. The van der Waals surface area contributed by atoms with Crippen LogP contribution in [-0.2, 0) is 9.47 Å². The van der Waals surface area contributed by atoms with Crippen molar-refractivity contribution in [3.05, 3.63) is 16.8 Å². The molecule has 0 saturated carbocycles. The highest BCUT2D eigenvalue weighted by Gasteiger charge is 2.23. The van der Waals surface area contributed by atoms with Crippen molar-refractivity contribution in [2.45, 2.75) is 26.8 Å². The highest BCUT2D eigenvalue weighted by atomic mass is 32.1. The standard InChI is InChI=1S/C14H24N4O2S/c1-9(8-20-5)18(6-7-19-4)14-12(13(15)21)10(2)11(3)16-17-14/h9H,6-8H2,1-5H3,(H2,15,21). The van der Waals surface area contributed by atoms with Crippen LogP contribution in [0.1, 0.15) is 23.7 Å². The molecule has 1 rings (SSSR count). The number of rotatable bonds is 8. The second kappa shape index (κ2) is 8.21. The van der Waals surface area contributed by atoms with Crippen molar-refractivity contribution in [1.29, 1.82) is 0 Å². The van der Waals surface area contributed by atoms with Crippen LogP contribution in [0.2, 0.25) is 0 Å². The minimum atomic E-state index is 0.106. The fraction of sp³-hybridized carbons (Fsp3) is 0.643. The molecule has 0 radical (unpaired) electrons. The van der Waals surface area contributed by atoms with Crippen LogP contribution in [0.3, 0.4) is 0 Å². The van der Waals surface area contributed by atoms with Crippen molar-refractivity contribution in [2.75, 3.05) is 38.9 Å². The first-order valence-corrected chi connectivity index (χ1v) is 7.23. The molecule has 1 unspecified atom stereocenters. The van der Waals surface area contributed by atoms with E-state index in [9.17, 15) is 0 Å². The maximum Gasteiger partial charge on any atom is 0.162 e. The minimum absolute atomic E-state index is 0.106. The molecule has 0 amide bonds. The van der Waals surface area contributed by atoms with Crippen LogP contribution in [0.15, 0.2) is 0 Å². The number of aromatic nitrogens is 2. The molecule has 1 heterocycles. The molecule has 0 aliphatic carbocycles. The van der Waals surface area contributed by atoms with Crippen LogP contribution in [0.5, 0.6) is 0 Å². The number of thiocarbonyl (C=S) groups is 1. The van der Waals surface area contributed by atoms with Crippen LogP contribution < -0.4 is 10.6 Å². The lowest BCUT2D eigenvalue weighted by Gasteiger charge is -2.31. The third-order valence-electron chi connectivity index (χ3n) is 3.43. The Bertz CT molecular complexity index is 496. The Morgan fingerprint density at radius 2 is 1.95 bits per heavy atom. The van der Waals surface area contributed by atoms with E-state index in [1.807, 2.05) is 13.8 Å². The molecule has 1 aromatic rings. The van der Waals surface area contributed by atoms with Gasteiger partial charge in [-0.2, -0.15) is 5.10 Å². The van der Waals surface area contributed by atoms with Gasteiger partial charge in [0, 0.05) is 20.8 Å². The Morgan fingerprint density at radius 3 is 2.48 bits per heavy atom. The van der Waals surface area contributed by atoms with E-state index in [0.717, 1.165) is 16.8 Å². The molecule has 0 bridgehead atoms. The van der Waals surface area contributed by atoms with Gasteiger partial charge >= 0.3 is 0 Å². The number of hydrogen-bond acceptors (Lipinski definition) is 6. The fourth-order valence-corrected chi connectivity index (χ4v) is 2.39. The van der Waals surface area contributed by atoms with Gasteiger partial charge in [-0.05, 0) is 26.3 Å². The molecule has 0 aromatic carbocycles. The third kappa shape index (κ3) is 4.33. The first-order valence-electron chi connectivity index (χ1n) is 6.82. The summed E-state index contributed by atoms with van der Waals surface area (Å²) in [6.07, 6.45) is 0. The van der Waals surface area contributed by atoms with E-state index in [4.69, 9.17) is 27.4 Å². The number of anilines is 1. The number of ether oxygens (including phenoxy) is 2. The van der Waals surface area contributed by atoms with E-state index in [-0.39, 0.29) is 6.04 Å². The molecule has 118 valence electrons. The van der Waals surface area contributed by atoms with Gasteiger partial charge in [0.2, 0.25) is 0 Å². The van der Waals surface area contributed by atoms with Crippen molar-refractivity contribution >= 4 is 23.0 Å². The van der Waals surface area contributed by atoms with Crippen molar-refractivity contribution in [2.24, 2.45) is 5.73 Å². The molecule has 0 fully saturated rings. The maximum absolute atomic E-state index is 5.90. The second-order valence-corrected chi connectivity index (χ2v) is 5.40. The maximum atomic E-state index is 5.90. The molecule has 0 aliphatic rings. The number of nitrogens with zero attached hydrogens (tertiary/aromatic N) is 3. The zero-order chi connectivity index (χ0) is 16.0. The van der Waals surface area contributed by atoms with E-state index in [0.29, 0.717) is 30.6 Å². The molecule has 1 aromatic heterocycles. The molecule has 2 N–H and O–H groups in total. The number of nitrogens with two attached hydrogens (primary N) is 1. The zero-order valence-electron chi connectivity index (χ0n) is 13.3. The second-order valence-electron chi connectivity index (χ2n) is 4.96. The zero-order valence-corrected chi connectivity index (χ0v) is 14.2. The smallest absolute Gasteiger partial charge is 0.162 e. The Morgan fingerprint density at radius 1 is 1.29 bits per heavy atom. The normalized spacial score (nSPS) is 12.2. The van der Waals surface area contributed by atoms with Gasteiger partial charge < -0.3 is 20.1 Å². The summed E-state index contributed by atoms with van der Waals surface area (Å²) in [6.45, 7) is 7.70. The summed E-state index contributed by atoms with van der Waals surface area (Å²) in [5.74, 6) is 0.687. The monoisotopic (exact) mass is 312 g/mol. The number of hydrogen-bond donors (Lipinski definition) is 1. The highest BCUT2D eigenvalue weighted by Crippen LogP contribution is 2.24. The molecule has 7 heteroatoms. The molecular formula is C14H24N4O2S. The summed E-state index contributed by atoms with van der Waals surface area (Å²) in [5.41, 5.74) is 8.46. The lowest BCUT2D eigenvalue weighted by molar-refractivity contribution is 0.170. The average Bonchev–Trinajstić information content (AvgIpc) is 2.43. The number of methoxy groups -OCH3 is 2. The van der Waals surface area contributed by atoms with Crippen molar-refractivity contribution in [1.82, 2.24) is 10.2 Å². The van der Waals surface area contributed by atoms with Crippen LogP contribution in [0, 0.1) is 13.8 Å². The van der Waals surface area contributed by atoms with E-state index >= 15 is 0 Å². The Kier molecular flexibility index (Phi) is 6.94. The largest absolute Gasteiger partial charge is 0.389 e. The van der Waals surface area contributed by atoms with E-state index in [2.05, 4.69) is 22.0 Å². The number of aryl methyl sites for hydroxylation is 1. The van der Waals surface area contributed by atoms with E-state index in [1.165, 1.54) is 0 Å². The van der Waals surface area contributed by atoms with Gasteiger partial charge in [0.1, 0.15) is 4.99 Å². The van der Waals surface area contributed by atoms with E-state index < -0.39 is 0 Å². The summed E-state index contributed by atoms with van der Waals surface area (Å²) in [5, 5.41) is 8.52. The van der Waals surface area contributed by atoms with E-state index in [1.54, 1.807) is 14.2 Å². The quantitative estimate of drug-likeness (QED) is 0.723. The average molecular weight is 312 g/mol. The van der Waals surface area contributed by atoms with Crippen molar-refractivity contribution in [3.63, 3.8) is 0 Å². The minimum Gasteiger partial charge on any atom is -0.389 e. The molecule has 0 aliphatic heterocycles. The first kappa shape index (κ1) is 17.7. The molecule has 21 heavy (non-hydrogen) atoms. The summed E-state index contributed by atoms with van der Waals surface area (Å²) in [7, 11) is 3.34. The fourth-order valence-electron chi connectivity index (χ4n) is 2.15. The molecule has 6 nitrogen and oxygen atoms in total. The summed E-state index contributed by atoms with van der Waals surface area (Å²) in [4.78, 5) is 2.40. The molecular weight excluding hydrogens is 288 g/mol. The summed E-state index contributed by atoms with van der Waals surface area (Å²) >= 11 is 5.20. The topological polar surface area (TPSA) is 73.5 Å². The van der Waals surface area contributed by atoms with Gasteiger partial charge in [-0.25, -0.2) is 0 Å². The Balaban J connectivity index is 3.29. The van der Waals surface area contributed by atoms with Crippen LogP contribution in [-0.4, -0.2) is 55.2 Å². The predicted molar refractivity (Wildman–Crippen MR) is 88.0 cm³/mol. The van der Waals surface area contributed by atoms with Gasteiger partial charge in [0.05, 0.1) is 30.5 Å². The summed E-state index contributed by atoms with van der Waals surface area (Å²) < 4.78 is 10.4. The van der Waals surface area contributed by atoms with Gasteiger partial charge in [-0.15, -0.1) is 5.10 Å². The van der Waals surface area contributed by atoms with Gasteiger partial charge in [0.15, 0.2) is 5.82 Å². The van der Waals surface area contributed by atoms with Crippen LogP contribution in [0.25, 0.3) is 0 Å². The van der Waals surface area contributed by atoms with Gasteiger partial charge in [-0.3, -0.25) is 0 Å². The van der Waals surface area contributed by atoms with Crippen LogP contribution in [0.4, 0.5) is 5.82 Å². The Labute approximate surface area is 131 Å². The summed E-state index contributed by atoms with van der Waals surface area (Å²) in [6, 6.07) is 0.106. The third-order valence-corrected chi connectivity index (χ3v) is 3.63. The van der Waals surface area contributed by atoms with Gasteiger partial charge in [-0.1, -0.05) is 12.2 Å². The van der Waals surface area contributed by atoms with Crippen LogP contribution >= 0.6 is 12.2 Å².